The van der Waals surface area contributed by atoms with Crippen LogP contribution in [-0.2, 0) is 30.3 Å². The van der Waals surface area contributed by atoms with E-state index in [0.717, 1.165) is 6.42 Å². The first-order chi connectivity index (χ1) is 24.0. The lowest BCUT2D eigenvalue weighted by atomic mass is 9.93. The Hall–Kier alpha value is -3.56. The highest BCUT2D eigenvalue weighted by molar-refractivity contribution is 7.89. The summed E-state index contributed by atoms with van der Waals surface area (Å²) in [4.78, 5) is 44.4. The number of rotatable bonds is 11. The number of hydrogen-bond acceptors (Lipinski definition) is 8. The van der Waals surface area contributed by atoms with Crippen molar-refractivity contribution in [3.63, 3.8) is 0 Å². The summed E-state index contributed by atoms with van der Waals surface area (Å²) >= 11 is 6.27. The SMILES string of the molecule is CC(C)(C)OC(=O)NCCCNC(=O)C1CC2C(C1)C2C(F)(F)c1cc(Cl)nc(N2CCN(S(=O)(=O)c3ccc(N4CCCC4=O)cc3)CC2)c1. The van der Waals surface area contributed by atoms with Crippen molar-refractivity contribution in [3.8, 4) is 0 Å². The predicted octanol–water partition coefficient (Wildman–Crippen LogP) is 4.77. The van der Waals surface area contributed by atoms with Gasteiger partial charge in [-0.3, -0.25) is 9.59 Å². The van der Waals surface area contributed by atoms with Crippen LogP contribution in [0.25, 0.3) is 0 Å². The number of piperazine rings is 1. The smallest absolute Gasteiger partial charge is 0.407 e. The predicted molar refractivity (Wildman–Crippen MR) is 187 cm³/mol. The summed E-state index contributed by atoms with van der Waals surface area (Å²) in [5.41, 5.74) is -0.166. The van der Waals surface area contributed by atoms with Crippen LogP contribution >= 0.6 is 11.6 Å². The average molecular weight is 751 g/mol. The van der Waals surface area contributed by atoms with E-state index in [1.54, 1.807) is 42.7 Å². The van der Waals surface area contributed by atoms with Crippen molar-refractivity contribution in [1.29, 1.82) is 0 Å². The van der Waals surface area contributed by atoms with E-state index < -0.39 is 33.6 Å². The maximum Gasteiger partial charge on any atom is 0.407 e. The summed E-state index contributed by atoms with van der Waals surface area (Å²) in [6.45, 7) is 7.35. The van der Waals surface area contributed by atoms with Crippen LogP contribution in [0.15, 0.2) is 41.3 Å². The van der Waals surface area contributed by atoms with Gasteiger partial charge in [0.2, 0.25) is 21.8 Å². The third-order valence-electron chi connectivity index (χ3n) is 10.1. The molecule has 278 valence electrons. The Kier molecular flexibility index (Phi) is 10.5. The minimum Gasteiger partial charge on any atom is -0.444 e. The van der Waals surface area contributed by atoms with E-state index in [0.29, 0.717) is 51.0 Å². The molecule has 4 fully saturated rings. The number of carbonyl (C=O) groups excluding carboxylic acids is 3. The number of halogens is 3. The number of alkyl carbamates (subject to hydrolysis) is 1. The van der Waals surface area contributed by atoms with Crippen molar-refractivity contribution >= 4 is 51.0 Å². The quantitative estimate of drug-likeness (QED) is 0.247. The van der Waals surface area contributed by atoms with Gasteiger partial charge >= 0.3 is 6.09 Å². The molecule has 2 saturated heterocycles. The highest BCUT2D eigenvalue weighted by Crippen LogP contribution is 2.67. The normalized spacial score (nSPS) is 24.0. The first kappa shape index (κ1) is 37.2. The van der Waals surface area contributed by atoms with Crippen molar-refractivity contribution in [2.24, 2.45) is 23.7 Å². The molecule has 0 bridgehead atoms. The second kappa shape index (κ2) is 14.5. The third-order valence-corrected chi connectivity index (χ3v) is 12.2. The lowest BCUT2D eigenvalue weighted by Gasteiger charge is -2.35. The lowest BCUT2D eigenvalue weighted by molar-refractivity contribution is -0.125. The van der Waals surface area contributed by atoms with Crippen LogP contribution in [0.3, 0.4) is 0 Å². The van der Waals surface area contributed by atoms with Gasteiger partial charge in [0.05, 0.1) is 4.90 Å². The van der Waals surface area contributed by atoms with E-state index in [2.05, 4.69) is 15.6 Å². The van der Waals surface area contributed by atoms with Gasteiger partial charge in [-0.05, 0) is 94.7 Å². The molecule has 2 saturated carbocycles. The minimum atomic E-state index is -3.81. The van der Waals surface area contributed by atoms with Crippen molar-refractivity contribution in [3.05, 3.63) is 47.1 Å². The molecule has 6 rings (SSSR count). The monoisotopic (exact) mass is 750 g/mol. The number of anilines is 2. The Balaban J connectivity index is 0.990. The molecule has 2 unspecified atom stereocenters. The highest BCUT2D eigenvalue weighted by Gasteiger charge is 2.67. The van der Waals surface area contributed by atoms with E-state index in [-0.39, 0.29) is 77.2 Å². The Morgan fingerprint density at radius 2 is 1.63 bits per heavy atom. The molecule has 2 aromatic rings. The number of sulfonamides is 1. The zero-order valence-electron chi connectivity index (χ0n) is 29.0. The minimum absolute atomic E-state index is 0.0194. The lowest BCUT2D eigenvalue weighted by Crippen LogP contribution is -2.49. The van der Waals surface area contributed by atoms with Crippen LogP contribution in [0.2, 0.25) is 5.15 Å². The maximum atomic E-state index is 16.0. The number of fused-ring (bicyclic) bond motifs is 1. The Labute approximate surface area is 302 Å². The van der Waals surface area contributed by atoms with E-state index >= 15 is 8.78 Å². The molecular formula is C35H45ClF2N6O6S. The second-order valence-electron chi connectivity index (χ2n) is 14.8. The van der Waals surface area contributed by atoms with E-state index in [1.165, 1.54) is 28.6 Å². The molecule has 2 atom stereocenters. The number of alkyl halides is 2. The van der Waals surface area contributed by atoms with Crippen molar-refractivity contribution in [1.82, 2.24) is 19.9 Å². The van der Waals surface area contributed by atoms with Crippen LogP contribution in [-0.4, -0.2) is 87.0 Å². The van der Waals surface area contributed by atoms with Gasteiger partial charge in [-0.1, -0.05) is 11.6 Å². The van der Waals surface area contributed by atoms with Crippen LogP contribution in [0, 0.1) is 23.7 Å². The third kappa shape index (κ3) is 8.25. The van der Waals surface area contributed by atoms with Gasteiger partial charge in [-0.25, -0.2) is 27.0 Å². The van der Waals surface area contributed by atoms with Crippen molar-refractivity contribution < 1.29 is 36.3 Å². The topological polar surface area (TPSA) is 141 Å². The van der Waals surface area contributed by atoms with E-state index in [4.69, 9.17) is 16.3 Å². The van der Waals surface area contributed by atoms with Crippen LogP contribution < -0.4 is 20.4 Å². The van der Waals surface area contributed by atoms with Gasteiger partial charge in [0.1, 0.15) is 16.6 Å². The molecule has 1 aromatic carbocycles. The Bertz CT molecular complexity index is 1740. The molecule has 2 aliphatic heterocycles. The molecule has 16 heteroatoms. The van der Waals surface area contributed by atoms with Crippen LogP contribution in [0.5, 0.6) is 0 Å². The van der Waals surface area contributed by atoms with Crippen LogP contribution in [0.1, 0.15) is 58.4 Å². The number of carbonyl (C=O) groups is 3. The number of nitrogens with zero attached hydrogens (tertiary/aromatic N) is 4. The largest absolute Gasteiger partial charge is 0.444 e. The van der Waals surface area contributed by atoms with Gasteiger partial charge < -0.3 is 25.2 Å². The highest BCUT2D eigenvalue weighted by atomic mass is 35.5. The molecule has 3 heterocycles. The maximum absolute atomic E-state index is 16.0. The van der Waals surface area contributed by atoms with Gasteiger partial charge in [0.25, 0.3) is 5.92 Å². The summed E-state index contributed by atoms with van der Waals surface area (Å²) in [5, 5.41) is 5.42. The first-order valence-corrected chi connectivity index (χ1v) is 19.3. The molecule has 12 nitrogen and oxygen atoms in total. The molecule has 1 aromatic heterocycles. The molecule has 0 radical (unpaired) electrons. The van der Waals surface area contributed by atoms with Gasteiger partial charge in [-0.2, -0.15) is 4.31 Å². The summed E-state index contributed by atoms with van der Waals surface area (Å²) in [6.07, 6.45) is 2.01. The van der Waals surface area contributed by atoms with Gasteiger partial charge in [0, 0.05) is 75.3 Å². The van der Waals surface area contributed by atoms with Gasteiger partial charge in [-0.15, -0.1) is 0 Å². The first-order valence-electron chi connectivity index (χ1n) is 17.5. The molecule has 3 amide bonds. The number of aromatic nitrogens is 1. The average Bonchev–Trinajstić information content (AvgIpc) is 3.34. The molecule has 0 spiro atoms. The van der Waals surface area contributed by atoms with Crippen LogP contribution in [0.4, 0.5) is 25.1 Å². The van der Waals surface area contributed by atoms with Crippen molar-refractivity contribution in [2.45, 2.75) is 69.3 Å². The second-order valence-corrected chi connectivity index (χ2v) is 17.1. The van der Waals surface area contributed by atoms with E-state index in [9.17, 15) is 22.8 Å². The molecular weight excluding hydrogens is 706 g/mol. The zero-order valence-corrected chi connectivity index (χ0v) is 30.6. The fourth-order valence-electron chi connectivity index (χ4n) is 7.60. The summed E-state index contributed by atoms with van der Waals surface area (Å²) in [6, 6.07) is 8.83. The standard InChI is InChI=1S/C35H45ClF2N6O6S/c1-34(2,3)50-33(47)40-12-5-11-39-32(46)22-18-26-27(19-22)31(26)35(37,38)23-20-28(36)41-29(21-23)42-14-16-43(17-15-42)51(48,49)25-9-7-24(8-10-25)44-13-4-6-30(44)45/h7-10,20-22,26-27,31H,4-6,11-19H2,1-3H3,(H,39,46)(H,40,47). The fraction of sp³-hybridized carbons (Fsp3) is 0.600. The summed E-state index contributed by atoms with van der Waals surface area (Å²) < 4.78 is 65.3. The molecule has 4 aliphatic rings. The number of benzene rings is 1. The Morgan fingerprint density at radius 1 is 0.980 bits per heavy atom. The number of nitrogens with one attached hydrogen (secondary N) is 2. The van der Waals surface area contributed by atoms with Gasteiger partial charge in [0.15, 0.2) is 0 Å². The number of amides is 3. The summed E-state index contributed by atoms with van der Waals surface area (Å²) in [5.74, 6) is -4.85. The number of ether oxygens (including phenoxy) is 1. The zero-order chi connectivity index (χ0) is 36.7. The summed E-state index contributed by atoms with van der Waals surface area (Å²) in [7, 11) is -3.81. The number of pyridine rings is 1. The fourth-order valence-corrected chi connectivity index (χ4v) is 9.22. The molecule has 2 aliphatic carbocycles. The Morgan fingerprint density at radius 3 is 2.24 bits per heavy atom. The van der Waals surface area contributed by atoms with E-state index in [1.807, 2.05) is 0 Å². The molecule has 2 N–H and O–H groups in total. The number of hydrogen-bond donors (Lipinski definition) is 2. The van der Waals surface area contributed by atoms with Crippen molar-refractivity contribution in [2.75, 3.05) is 55.6 Å². The molecule has 51 heavy (non-hydrogen) atoms.